The summed E-state index contributed by atoms with van der Waals surface area (Å²) in [5.41, 5.74) is 1.46. The van der Waals surface area contributed by atoms with Gasteiger partial charge >= 0.3 is 0 Å². The standard InChI is InChI=1S/C21H28N2O/c24-20-9-8-17-14-19(7-6-18(17)15-20)21(16-4-2-1-3-5-16)23-12-10-22-11-13-23/h6-9,14-16,21-22,24H,1-5,10-13H2/t21-/m1/s1. The van der Waals surface area contributed by atoms with Crippen molar-refractivity contribution in [3.05, 3.63) is 42.0 Å². The lowest BCUT2D eigenvalue weighted by Gasteiger charge is -2.41. The summed E-state index contributed by atoms with van der Waals surface area (Å²) in [6.07, 6.45) is 6.90. The van der Waals surface area contributed by atoms with Crippen LogP contribution in [0.2, 0.25) is 0 Å². The highest BCUT2D eigenvalue weighted by molar-refractivity contribution is 5.84. The van der Waals surface area contributed by atoms with E-state index in [1.807, 2.05) is 12.1 Å². The molecule has 3 nitrogen and oxygen atoms in total. The molecule has 2 aromatic carbocycles. The van der Waals surface area contributed by atoms with E-state index < -0.39 is 0 Å². The normalized spacial score (nSPS) is 21.8. The minimum absolute atomic E-state index is 0.348. The average Bonchev–Trinajstić information content (AvgIpc) is 2.64. The number of fused-ring (bicyclic) bond motifs is 1. The van der Waals surface area contributed by atoms with Gasteiger partial charge in [0.25, 0.3) is 0 Å². The Hall–Kier alpha value is -1.58. The van der Waals surface area contributed by atoms with Crippen molar-refractivity contribution in [1.29, 1.82) is 0 Å². The average molecular weight is 324 g/mol. The molecule has 1 heterocycles. The molecule has 3 heteroatoms. The van der Waals surface area contributed by atoms with Crippen molar-refractivity contribution in [3.63, 3.8) is 0 Å². The predicted octanol–water partition coefficient (Wildman–Crippen LogP) is 4.07. The van der Waals surface area contributed by atoms with Crippen LogP contribution in [0.5, 0.6) is 5.75 Å². The predicted molar refractivity (Wildman–Crippen MR) is 99.4 cm³/mol. The summed E-state index contributed by atoms with van der Waals surface area (Å²) in [4.78, 5) is 2.70. The van der Waals surface area contributed by atoms with Crippen LogP contribution in [0.15, 0.2) is 36.4 Å². The molecule has 24 heavy (non-hydrogen) atoms. The zero-order chi connectivity index (χ0) is 16.4. The summed E-state index contributed by atoms with van der Waals surface area (Å²) < 4.78 is 0. The molecule has 2 aromatic rings. The van der Waals surface area contributed by atoms with Gasteiger partial charge in [0.05, 0.1) is 0 Å². The number of rotatable bonds is 3. The number of hydrogen-bond donors (Lipinski definition) is 2. The minimum Gasteiger partial charge on any atom is -0.508 e. The first-order valence-corrected chi connectivity index (χ1v) is 9.49. The second-order valence-electron chi connectivity index (χ2n) is 7.42. The van der Waals surface area contributed by atoms with Gasteiger partial charge in [-0.05, 0) is 53.3 Å². The van der Waals surface area contributed by atoms with Crippen LogP contribution in [0, 0.1) is 5.92 Å². The Balaban J connectivity index is 1.69. The van der Waals surface area contributed by atoms with Crippen LogP contribution in [0.25, 0.3) is 10.8 Å². The topological polar surface area (TPSA) is 35.5 Å². The third-order valence-electron chi connectivity index (χ3n) is 5.83. The number of benzene rings is 2. The van der Waals surface area contributed by atoms with E-state index in [1.165, 1.54) is 43.1 Å². The smallest absolute Gasteiger partial charge is 0.116 e. The van der Waals surface area contributed by atoms with Crippen LogP contribution < -0.4 is 5.32 Å². The van der Waals surface area contributed by atoms with Crippen LogP contribution in [0.3, 0.4) is 0 Å². The van der Waals surface area contributed by atoms with Crippen molar-refractivity contribution in [1.82, 2.24) is 10.2 Å². The lowest BCUT2D eigenvalue weighted by molar-refractivity contribution is 0.103. The Morgan fingerprint density at radius 3 is 2.42 bits per heavy atom. The highest BCUT2D eigenvalue weighted by Crippen LogP contribution is 2.39. The van der Waals surface area contributed by atoms with E-state index in [0.29, 0.717) is 11.8 Å². The minimum atomic E-state index is 0.348. The number of phenols is 1. The molecule has 4 rings (SSSR count). The molecule has 1 atom stereocenters. The van der Waals surface area contributed by atoms with Crippen LogP contribution in [0.1, 0.15) is 43.7 Å². The molecule has 0 unspecified atom stereocenters. The number of hydrogen-bond acceptors (Lipinski definition) is 3. The monoisotopic (exact) mass is 324 g/mol. The highest BCUT2D eigenvalue weighted by Gasteiger charge is 2.30. The number of piperazine rings is 1. The first kappa shape index (κ1) is 15.9. The van der Waals surface area contributed by atoms with E-state index in [0.717, 1.165) is 37.5 Å². The number of aromatic hydroxyl groups is 1. The fourth-order valence-corrected chi connectivity index (χ4v) is 4.63. The van der Waals surface area contributed by atoms with Gasteiger partial charge in [-0.1, -0.05) is 37.5 Å². The maximum atomic E-state index is 9.70. The molecule has 0 radical (unpaired) electrons. The van der Waals surface area contributed by atoms with E-state index in [-0.39, 0.29) is 0 Å². The fourth-order valence-electron chi connectivity index (χ4n) is 4.63. The number of phenolic OH excluding ortho intramolecular Hbond substituents is 1. The van der Waals surface area contributed by atoms with Crippen LogP contribution in [-0.4, -0.2) is 36.2 Å². The molecule has 2 N–H and O–H groups in total. The van der Waals surface area contributed by atoms with E-state index >= 15 is 0 Å². The van der Waals surface area contributed by atoms with Crippen molar-refractivity contribution >= 4 is 10.8 Å². The van der Waals surface area contributed by atoms with E-state index in [4.69, 9.17) is 0 Å². The van der Waals surface area contributed by atoms with Crippen LogP contribution in [-0.2, 0) is 0 Å². The van der Waals surface area contributed by atoms with Gasteiger partial charge in [-0.25, -0.2) is 0 Å². The lowest BCUT2D eigenvalue weighted by atomic mass is 9.80. The van der Waals surface area contributed by atoms with Crippen molar-refractivity contribution in [3.8, 4) is 5.75 Å². The SMILES string of the molecule is Oc1ccc2cc([C@@H](C3CCCCC3)N3CCNCC3)ccc2c1. The Labute approximate surface area is 144 Å². The summed E-state index contributed by atoms with van der Waals surface area (Å²) in [7, 11) is 0. The van der Waals surface area contributed by atoms with E-state index in [2.05, 4.69) is 28.4 Å². The van der Waals surface area contributed by atoms with Gasteiger partial charge in [0.1, 0.15) is 5.75 Å². The molecule has 1 aliphatic heterocycles. The Morgan fingerprint density at radius 1 is 0.917 bits per heavy atom. The summed E-state index contributed by atoms with van der Waals surface area (Å²) in [6, 6.07) is 13.1. The van der Waals surface area contributed by atoms with Gasteiger partial charge in [0, 0.05) is 32.2 Å². The maximum Gasteiger partial charge on any atom is 0.116 e. The molecular weight excluding hydrogens is 296 g/mol. The van der Waals surface area contributed by atoms with Crippen molar-refractivity contribution < 1.29 is 5.11 Å². The van der Waals surface area contributed by atoms with Crippen molar-refractivity contribution in [2.45, 2.75) is 38.1 Å². The molecule has 0 amide bonds. The molecule has 0 bridgehead atoms. The molecule has 0 aromatic heterocycles. The zero-order valence-electron chi connectivity index (χ0n) is 14.4. The molecule has 1 saturated heterocycles. The van der Waals surface area contributed by atoms with Gasteiger partial charge < -0.3 is 10.4 Å². The van der Waals surface area contributed by atoms with Gasteiger partial charge in [-0.15, -0.1) is 0 Å². The molecular formula is C21H28N2O. The van der Waals surface area contributed by atoms with E-state index in [9.17, 15) is 5.11 Å². The molecule has 1 aliphatic carbocycles. The molecule has 2 aliphatic rings. The van der Waals surface area contributed by atoms with Gasteiger partial charge in [0.2, 0.25) is 0 Å². The molecule has 2 fully saturated rings. The summed E-state index contributed by atoms with van der Waals surface area (Å²) >= 11 is 0. The summed E-state index contributed by atoms with van der Waals surface area (Å²) in [5.74, 6) is 1.13. The first-order valence-electron chi connectivity index (χ1n) is 9.49. The Bertz CT molecular complexity index is 669. The number of nitrogens with zero attached hydrogens (tertiary/aromatic N) is 1. The zero-order valence-corrected chi connectivity index (χ0v) is 14.4. The van der Waals surface area contributed by atoms with Gasteiger partial charge in [-0.2, -0.15) is 0 Å². The third kappa shape index (κ3) is 3.28. The maximum absolute atomic E-state index is 9.70. The van der Waals surface area contributed by atoms with Crippen LogP contribution >= 0.6 is 0 Å². The van der Waals surface area contributed by atoms with Crippen molar-refractivity contribution in [2.75, 3.05) is 26.2 Å². The molecule has 0 spiro atoms. The van der Waals surface area contributed by atoms with Crippen molar-refractivity contribution in [2.24, 2.45) is 5.92 Å². The lowest BCUT2D eigenvalue weighted by Crippen LogP contribution is -2.47. The molecule has 1 saturated carbocycles. The summed E-state index contributed by atoms with van der Waals surface area (Å²) in [5, 5.41) is 15.6. The highest BCUT2D eigenvalue weighted by atomic mass is 16.3. The molecule has 128 valence electrons. The fraction of sp³-hybridized carbons (Fsp3) is 0.524. The second-order valence-corrected chi connectivity index (χ2v) is 7.42. The largest absolute Gasteiger partial charge is 0.508 e. The van der Waals surface area contributed by atoms with Gasteiger partial charge in [-0.3, -0.25) is 4.90 Å². The quantitative estimate of drug-likeness (QED) is 0.893. The Morgan fingerprint density at radius 2 is 1.62 bits per heavy atom. The summed E-state index contributed by atoms with van der Waals surface area (Å²) in [6.45, 7) is 4.50. The number of nitrogens with one attached hydrogen (secondary N) is 1. The van der Waals surface area contributed by atoms with Gasteiger partial charge in [0.15, 0.2) is 0 Å². The third-order valence-corrected chi connectivity index (χ3v) is 5.83. The van der Waals surface area contributed by atoms with Crippen LogP contribution in [0.4, 0.5) is 0 Å². The van der Waals surface area contributed by atoms with E-state index in [1.54, 1.807) is 6.07 Å². The first-order chi connectivity index (χ1) is 11.8. The second kappa shape index (κ2) is 7.12. The Kier molecular flexibility index (Phi) is 4.72.